The maximum atomic E-state index is 13.4. The van der Waals surface area contributed by atoms with Crippen molar-refractivity contribution in [2.45, 2.75) is 71.8 Å². The van der Waals surface area contributed by atoms with Gasteiger partial charge in [-0.05, 0) is 49.4 Å². The van der Waals surface area contributed by atoms with Crippen LogP contribution in [0.5, 0.6) is 5.75 Å². The first-order chi connectivity index (χ1) is 17.6. The summed E-state index contributed by atoms with van der Waals surface area (Å²) in [4.78, 5) is 38.0. The normalized spacial score (nSPS) is 18.9. The van der Waals surface area contributed by atoms with Gasteiger partial charge in [0.1, 0.15) is 11.2 Å². The number of carbonyl (C=O) groups is 2. The van der Waals surface area contributed by atoms with E-state index in [1.54, 1.807) is 24.3 Å². The van der Waals surface area contributed by atoms with Gasteiger partial charge >= 0.3 is 6.03 Å². The predicted octanol–water partition coefficient (Wildman–Crippen LogP) is 6.56. The molecule has 37 heavy (non-hydrogen) atoms. The molecule has 7 nitrogen and oxygen atoms in total. The molecule has 0 radical (unpaired) electrons. The van der Waals surface area contributed by atoms with Crippen molar-refractivity contribution in [3.63, 3.8) is 0 Å². The highest BCUT2D eigenvalue weighted by Crippen LogP contribution is 2.47. The second-order valence-corrected chi connectivity index (χ2v) is 12.2. The molecule has 2 aromatic carbocycles. The van der Waals surface area contributed by atoms with Gasteiger partial charge in [-0.1, -0.05) is 75.2 Å². The summed E-state index contributed by atoms with van der Waals surface area (Å²) >= 11 is 0. The van der Waals surface area contributed by atoms with E-state index in [-0.39, 0.29) is 24.3 Å². The molecule has 3 amide bonds. The van der Waals surface area contributed by atoms with Crippen LogP contribution < -0.4 is 10.1 Å². The van der Waals surface area contributed by atoms with Crippen molar-refractivity contribution < 1.29 is 23.8 Å². The number of urea groups is 1. The van der Waals surface area contributed by atoms with E-state index < -0.39 is 25.0 Å². The Morgan fingerprint density at radius 2 is 1.78 bits per heavy atom. The van der Waals surface area contributed by atoms with Crippen molar-refractivity contribution in [2.75, 3.05) is 6.16 Å². The number of imide groups is 1. The number of carbonyl (C=O) groups excluding carboxylic acids is 2. The smallest absolute Gasteiger partial charge is 0.327 e. The van der Waals surface area contributed by atoms with Crippen LogP contribution in [0.2, 0.25) is 0 Å². The molecule has 200 valence electrons. The van der Waals surface area contributed by atoms with E-state index in [1.807, 2.05) is 45.0 Å². The second kappa shape index (κ2) is 12.1. The minimum absolute atomic E-state index is 0.0431. The summed E-state index contributed by atoms with van der Waals surface area (Å²) < 4.78 is 18.5. The molecular weight excluding hydrogens is 487 g/mol. The highest BCUT2D eigenvalue weighted by molar-refractivity contribution is 7.57. The van der Waals surface area contributed by atoms with Crippen LogP contribution in [0.3, 0.4) is 0 Å². The molecule has 0 saturated carbocycles. The van der Waals surface area contributed by atoms with Crippen molar-refractivity contribution in [1.29, 1.82) is 0 Å². The number of hydrogen-bond donors (Lipinski definition) is 2. The molecule has 0 bridgehead atoms. The second-order valence-electron chi connectivity index (χ2n) is 9.83. The van der Waals surface area contributed by atoms with Crippen LogP contribution in [-0.2, 0) is 15.5 Å². The first kappa shape index (κ1) is 28.7. The molecule has 3 rings (SSSR count). The van der Waals surface area contributed by atoms with Gasteiger partial charge < -0.3 is 14.9 Å². The summed E-state index contributed by atoms with van der Waals surface area (Å²) in [6.45, 7) is 11.5. The van der Waals surface area contributed by atoms with Gasteiger partial charge in [-0.2, -0.15) is 0 Å². The van der Waals surface area contributed by atoms with Crippen molar-refractivity contribution in [3.05, 3.63) is 77.9 Å². The number of aryl methyl sites for hydroxylation is 1. The van der Waals surface area contributed by atoms with Crippen molar-refractivity contribution in [1.82, 2.24) is 10.2 Å². The summed E-state index contributed by atoms with van der Waals surface area (Å²) in [5.41, 5.74) is 2.06. The first-order valence-electron chi connectivity index (χ1n) is 13.0. The average Bonchev–Trinajstić information content (AvgIpc) is 2.86. The Labute approximate surface area is 220 Å². The van der Waals surface area contributed by atoms with E-state index in [0.29, 0.717) is 24.2 Å². The topological polar surface area (TPSA) is 95.9 Å². The predicted molar refractivity (Wildman–Crippen MR) is 147 cm³/mol. The fourth-order valence-corrected chi connectivity index (χ4v) is 6.19. The van der Waals surface area contributed by atoms with Gasteiger partial charge in [0.05, 0.1) is 6.04 Å². The summed E-state index contributed by atoms with van der Waals surface area (Å²) in [5, 5.41) is 3.05. The van der Waals surface area contributed by atoms with Crippen molar-refractivity contribution >= 4 is 19.3 Å². The van der Waals surface area contributed by atoms with Crippen LogP contribution in [0, 0.1) is 12.3 Å². The molecule has 0 spiro atoms. The molecule has 3 atom stereocenters. The van der Waals surface area contributed by atoms with Crippen LogP contribution in [0.25, 0.3) is 0 Å². The van der Waals surface area contributed by atoms with E-state index in [9.17, 15) is 19.0 Å². The highest BCUT2D eigenvalue weighted by Gasteiger charge is 2.63. The molecule has 1 fully saturated rings. The average molecular weight is 527 g/mol. The van der Waals surface area contributed by atoms with E-state index in [0.717, 1.165) is 24.0 Å². The summed E-state index contributed by atoms with van der Waals surface area (Å²) in [6.07, 6.45) is 3.51. The monoisotopic (exact) mass is 526 g/mol. The lowest BCUT2D eigenvalue weighted by atomic mass is 9.72. The number of ether oxygens (including phenoxy) is 1. The molecule has 1 heterocycles. The lowest BCUT2D eigenvalue weighted by molar-refractivity contribution is -0.191. The van der Waals surface area contributed by atoms with Crippen LogP contribution in [-0.4, -0.2) is 34.1 Å². The van der Waals surface area contributed by atoms with E-state index in [1.165, 1.54) is 11.0 Å². The lowest BCUT2D eigenvalue weighted by Gasteiger charge is -2.53. The minimum atomic E-state index is -3.33. The molecule has 2 aromatic rings. The number of likely N-dealkylation sites (tertiary alicyclic amines) is 1. The van der Waals surface area contributed by atoms with Gasteiger partial charge in [-0.25, -0.2) is 9.69 Å². The number of allylic oxidation sites excluding steroid dienone is 1. The largest absolute Gasteiger partial charge is 0.469 e. The Morgan fingerprint density at radius 3 is 2.32 bits per heavy atom. The maximum Gasteiger partial charge on any atom is 0.327 e. The molecule has 0 aliphatic carbocycles. The fourth-order valence-electron chi connectivity index (χ4n) is 4.88. The van der Waals surface area contributed by atoms with Gasteiger partial charge in [0.2, 0.25) is 13.3 Å². The van der Waals surface area contributed by atoms with Crippen LogP contribution in [0.1, 0.15) is 69.2 Å². The lowest BCUT2D eigenvalue weighted by Crippen LogP contribution is -2.73. The molecule has 8 heteroatoms. The van der Waals surface area contributed by atoms with Crippen molar-refractivity contribution in [3.8, 4) is 5.75 Å². The number of hydrogen-bond acceptors (Lipinski definition) is 4. The van der Waals surface area contributed by atoms with E-state index >= 15 is 0 Å². The zero-order chi connectivity index (χ0) is 27.2. The standard InChI is InChI=1S/C29H39N2O5P/c1-6-10-25(23-15-11-21(5)12-16-23)30-28(33)31-26(32)29(8-3,9-4)27(31)36-24-17-13-22(14-18-24)20-37(34,35)19-7-2/h7,11-18,25,27H,2,6,8-10,19-20H2,1,3-5H3,(H,30,33)(H,34,35)/t25-,27+/m1/s1. The Bertz CT molecular complexity index is 1140. The van der Waals surface area contributed by atoms with Gasteiger partial charge in [-0.3, -0.25) is 9.36 Å². The molecular formula is C29H39N2O5P. The third-order valence-corrected chi connectivity index (χ3v) is 8.89. The Hall–Kier alpha value is -2.89. The molecule has 1 unspecified atom stereocenters. The number of nitrogens with zero attached hydrogens (tertiary/aromatic N) is 1. The third kappa shape index (κ3) is 6.34. The Balaban J connectivity index is 1.80. The van der Waals surface area contributed by atoms with Gasteiger partial charge in [-0.15, -0.1) is 6.58 Å². The minimum Gasteiger partial charge on any atom is -0.469 e. The molecule has 0 aromatic heterocycles. The zero-order valence-electron chi connectivity index (χ0n) is 22.3. The fraction of sp³-hybridized carbons (Fsp3) is 0.448. The van der Waals surface area contributed by atoms with Crippen LogP contribution in [0.15, 0.2) is 61.2 Å². The number of rotatable bonds is 12. The number of nitrogens with one attached hydrogen (secondary N) is 1. The van der Waals surface area contributed by atoms with Gasteiger partial charge in [0, 0.05) is 12.3 Å². The first-order valence-corrected chi connectivity index (χ1v) is 15.0. The summed E-state index contributed by atoms with van der Waals surface area (Å²) in [5.74, 6) is 0.256. The zero-order valence-corrected chi connectivity index (χ0v) is 23.2. The van der Waals surface area contributed by atoms with Crippen LogP contribution >= 0.6 is 7.37 Å². The SMILES string of the molecule is C=CCP(=O)(O)Cc1ccc(O[C@@H]2N(C(=O)N[C@H](CCC)c3ccc(C)cc3)C(=O)C2(CC)CC)cc1. The van der Waals surface area contributed by atoms with E-state index in [2.05, 4.69) is 18.8 Å². The van der Waals surface area contributed by atoms with Crippen LogP contribution in [0.4, 0.5) is 4.79 Å². The number of benzene rings is 2. The highest BCUT2D eigenvalue weighted by atomic mass is 31.2. The Kier molecular flexibility index (Phi) is 9.38. The maximum absolute atomic E-state index is 13.4. The molecule has 2 N–H and O–H groups in total. The van der Waals surface area contributed by atoms with Gasteiger partial charge in [0.25, 0.3) is 0 Å². The summed E-state index contributed by atoms with van der Waals surface area (Å²) in [6, 6.07) is 14.3. The molecule has 1 saturated heterocycles. The van der Waals surface area contributed by atoms with Crippen molar-refractivity contribution in [2.24, 2.45) is 5.41 Å². The number of amides is 3. The van der Waals surface area contributed by atoms with Gasteiger partial charge in [0.15, 0.2) is 6.23 Å². The van der Waals surface area contributed by atoms with E-state index in [4.69, 9.17) is 4.74 Å². The third-order valence-electron chi connectivity index (χ3n) is 7.20. The Morgan fingerprint density at radius 1 is 1.16 bits per heavy atom. The quantitative estimate of drug-likeness (QED) is 0.186. The molecule has 1 aliphatic rings. The summed E-state index contributed by atoms with van der Waals surface area (Å²) in [7, 11) is -3.33. The number of β-lactam (4-membered cyclic amide) rings is 1. The molecule has 1 aliphatic heterocycles.